The number of carboxylic acid groups (broad SMARTS) is 2. The normalized spacial score (nSPS) is 12.3. The van der Waals surface area contributed by atoms with E-state index in [-0.39, 0.29) is 6.42 Å². The zero-order valence-electron chi connectivity index (χ0n) is 9.95. The van der Waals surface area contributed by atoms with Crippen molar-refractivity contribution in [2.24, 2.45) is 5.92 Å². The van der Waals surface area contributed by atoms with Crippen LogP contribution in [0.2, 0.25) is 0 Å². The van der Waals surface area contributed by atoms with Gasteiger partial charge in [0.1, 0.15) is 0 Å². The van der Waals surface area contributed by atoms with E-state index in [0.29, 0.717) is 6.42 Å². The lowest BCUT2D eigenvalue weighted by Gasteiger charge is -2.09. The largest absolute Gasteiger partial charge is 0.481 e. The Kier molecular flexibility index (Phi) is 8.58. The number of unbranched alkanes of at least 4 members (excludes halogenated alkanes) is 5. The van der Waals surface area contributed by atoms with E-state index in [0.717, 1.165) is 19.3 Å². The minimum absolute atomic E-state index is 0.260. The minimum atomic E-state index is -1.03. The molecule has 0 fully saturated rings. The van der Waals surface area contributed by atoms with Gasteiger partial charge in [0.15, 0.2) is 0 Å². The van der Waals surface area contributed by atoms with Crippen molar-refractivity contribution in [3.63, 3.8) is 0 Å². The number of carboxylic acids is 2. The molecule has 0 saturated heterocycles. The maximum absolute atomic E-state index is 10.7. The van der Waals surface area contributed by atoms with Crippen LogP contribution in [0.15, 0.2) is 0 Å². The average Bonchev–Trinajstić information content (AvgIpc) is 2.20. The molecule has 1 atom stereocenters. The summed E-state index contributed by atoms with van der Waals surface area (Å²) in [6.45, 7) is 2.15. The third-order valence-corrected chi connectivity index (χ3v) is 2.68. The number of carbonyl (C=O) groups is 2. The molecule has 16 heavy (non-hydrogen) atoms. The highest BCUT2D eigenvalue weighted by molar-refractivity contribution is 5.77. The zero-order chi connectivity index (χ0) is 12.4. The molecule has 4 heteroatoms. The SMILES string of the molecule is CCCCCCCC[C@H](CC(=O)O)C(=O)O. The zero-order valence-corrected chi connectivity index (χ0v) is 9.95. The van der Waals surface area contributed by atoms with Gasteiger partial charge in [-0.1, -0.05) is 45.4 Å². The highest BCUT2D eigenvalue weighted by Crippen LogP contribution is 2.15. The van der Waals surface area contributed by atoms with E-state index in [2.05, 4.69) is 6.92 Å². The van der Waals surface area contributed by atoms with Crippen LogP contribution in [-0.4, -0.2) is 22.2 Å². The van der Waals surface area contributed by atoms with Crippen LogP contribution in [0.1, 0.15) is 58.3 Å². The van der Waals surface area contributed by atoms with Crippen LogP contribution in [-0.2, 0) is 9.59 Å². The summed E-state index contributed by atoms with van der Waals surface area (Å²) in [5.74, 6) is -2.74. The van der Waals surface area contributed by atoms with Crippen molar-refractivity contribution >= 4 is 11.9 Å². The van der Waals surface area contributed by atoms with Gasteiger partial charge in [-0.3, -0.25) is 9.59 Å². The molecule has 94 valence electrons. The summed E-state index contributed by atoms with van der Waals surface area (Å²) in [6, 6.07) is 0. The molecule has 0 saturated carbocycles. The molecule has 2 N–H and O–H groups in total. The van der Waals surface area contributed by atoms with Gasteiger partial charge in [0.05, 0.1) is 12.3 Å². The highest BCUT2D eigenvalue weighted by atomic mass is 16.4. The molecule has 0 aliphatic heterocycles. The second kappa shape index (κ2) is 9.19. The first-order valence-electron chi connectivity index (χ1n) is 6.02. The maximum atomic E-state index is 10.7. The molecule has 0 amide bonds. The maximum Gasteiger partial charge on any atom is 0.307 e. The lowest BCUT2D eigenvalue weighted by molar-refractivity contribution is -0.148. The van der Waals surface area contributed by atoms with Gasteiger partial charge in [0.2, 0.25) is 0 Å². The summed E-state index contributed by atoms with van der Waals surface area (Å²) >= 11 is 0. The van der Waals surface area contributed by atoms with Crippen molar-refractivity contribution in [3.05, 3.63) is 0 Å². The van der Waals surface area contributed by atoms with Gasteiger partial charge in [0.25, 0.3) is 0 Å². The molecular formula is C12H22O4. The van der Waals surface area contributed by atoms with E-state index in [1.807, 2.05) is 0 Å². The summed E-state index contributed by atoms with van der Waals surface area (Å²) in [7, 11) is 0. The summed E-state index contributed by atoms with van der Waals surface area (Å²) in [5.41, 5.74) is 0. The molecule has 0 radical (unpaired) electrons. The standard InChI is InChI=1S/C12H22O4/c1-2-3-4-5-6-7-8-10(12(15)16)9-11(13)14/h10H,2-9H2,1H3,(H,13,14)(H,15,16)/t10-/m1/s1. The highest BCUT2D eigenvalue weighted by Gasteiger charge is 2.19. The number of aliphatic carboxylic acids is 2. The second-order valence-electron chi connectivity index (χ2n) is 4.19. The number of hydrogen-bond donors (Lipinski definition) is 2. The van der Waals surface area contributed by atoms with Crippen LogP contribution in [0.25, 0.3) is 0 Å². The summed E-state index contributed by atoms with van der Waals surface area (Å²) in [4.78, 5) is 21.2. The number of rotatable bonds is 10. The predicted octanol–water partition coefficient (Wildman–Crippen LogP) is 2.91. The Hall–Kier alpha value is -1.06. The predicted molar refractivity (Wildman–Crippen MR) is 61.4 cm³/mol. The molecule has 0 bridgehead atoms. The van der Waals surface area contributed by atoms with Gasteiger partial charge < -0.3 is 10.2 Å². The first-order valence-corrected chi connectivity index (χ1v) is 6.02. The van der Waals surface area contributed by atoms with Crippen LogP contribution in [0, 0.1) is 5.92 Å². The molecule has 4 nitrogen and oxygen atoms in total. The van der Waals surface area contributed by atoms with Gasteiger partial charge in [-0.15, -0.1) is 0 Å². The van der Waals surface area contributed by atoms with Gasteiger partial charge in [0, 0.05) is 0 Å². The molecule has 0 aromatic carbocycles. The van der Waals surface area contributed by atoms with Crippen molar-refractivity contribution in [1.82, 2.24) is 0 Å². The Labute approximate surface area is 96.7 Å². The smallest absolute Gasteiger partial charge is 0.307 e. The second-order valence-corrected chi connectivity index (χ2v) is 4.19. The number of hydrogen-bond acceptors (Lipinski definition) is 2. The Balaban J connectivity index is 3.60. The minimum Gasteiger partial charge on any atom is -0.481 e. The third-order valence-electron chi connectivity index (χ3n) is 2.68. The monoisotopic (exact) mass is 230 g/mol. The molecular weight excluding hydrogens is 208 g/mol. The molecule has 0 unspecified atom stereocenters. The van der Waals surface area contributed by atoms with Gasteiger partial charge >= 0.3 is 11.9 Å². The quantitative estimate of drug-likeness (QED) is 0.566. The van der Waals surface area contributed by atoms with E-state index in [1.165, 1.54) is 19.3 Å². The van der Waals surface area contributed by atoms with Crippen molar-refractivity contribution in [2.75, 3.05) is 0 Å². The van der Waals surface area contributed by atoms with E-state index in [1.54, 1.807) is 0 Å². The Bertz CT molecular complexity index is 213. The fourth-order valence-corrected chi connectivity index (χ4v) is 1.69. The molecule has 0 rings (SSSR count). The lowest BCUT2D eigenvalue weighted by atomic mass is 9.97. The summed E-state index contributed by atoms with van der Waals surface area (Å²) in [6.07, 6.45) is 6.75. The Morgan fingerprint density at radius 3 is 2.06 bits per heavy atom. The van der Waals surface area contributed by atoms with E-state index < -0.39 is 17.9 Å². The van der Waals surface area contributed by atoms with Crippen LogP contribution in [0.5, 0.6) is 0 Å². The summed E-state index contributed by atoms with van der Waals surface area (Å²) in [5, 5.41) is 17.3. The molecule has 0 aliphatic carbocycles. The van der Waals surface area contributed by atoms with Crippen LogP contribution in [0.3, 0.4) is 0 Å². The van der Waals surface area contributed by atoms with Crippen molar-refractivity contribution in [1.29, 1.82) is 0 Å². The topological polar surface area (TPSA) is 74.6 Å². The van der Waals surface area contributed by atoms with Crippen molar-refractivity contribution in [2.45, 2.75) is 58.3 Å². The molecule has 0 spiro atoms. The first kappa shape index (κ1) is 14.9. The fraction of sp³-hybridized carbons (Fsp3) is 0.833. The van der Waals surface area contributed by atoms with Gasteiger partial charge in [-0.2, -0.15) is 0 Å². The molecule has 0 aliphatic rings. The molecule has 0 heterocycles. The Morgan fingerprint density at radius 1 is 1.00 bits per heavy atom. The average molecular weight is 230 g/mol. The van der Waals surface area contributed by atoms with Crippen LogP contribution in [0.4, 0.5) is 0 Å². The van der Waals surface area contributed by atoms with E-state index in [9.17, 15) is 9.59 Å². The van der Waals surface area contributed by atoms with Gasteiger partial charge in [-0.05, 0) is 6.42 Å². The van der Waals surface area contributed by atoms with Crippen LogP contribution < -0.4 is 0 Å². The molecule has 0 aromatic rings. The van der Waals surface area contributed by atoms with Crippen molar-refractivity contribution < 1.29 is 19.8 Å². The first-order chi connectivity index (χ1) is 7.57. The van der Waals surface area contributed by atoms with E-state index in [4.69, 9.17) is 10.2 Å². The molecule has 0 aromatic heterocycles. The summed E-state index contributed by atoms with van der Waals surface area (Å²) < 4.78 is 0. The van der Waals surface area contributed by atoms with Gasteiger partial charge in [-0.25, -0.2) is 0 Å². The Morgan fingerprint density at radius 2 is 1.56 bits per heavy atom. The lowest BCUT2D eigenvalue weighted by Crippen LogP contribution is -2.17. The third kappa shape index (κ3) is 8.26. The fourth-order valence-electron chi connectivity index (χ4n) is 1.69. The van der Waals surface area contributed by atoms with Crippen LogP contribution >= 0.6 is 0 Å². The van der Waals surface area contributed by atoms with Crippen molar-refractivity contribution in [3.8, 4) is 0 Å². The van der Waals surface area contributed by atoms with E-state index >= 15 is 0 Å².